The van der Waals surface area contributed by atoms with Crippen molar-refractivity contribution in [2.75, 3.05) is 7.11 Å². The molecule has 0 aliphatic rings. The van der Waals surface area contributed by atoms with Crippen molar-refractivity contribution in [2.24, 2.45) is 0 Å². The Balaban J connectivity index is 2.06. The zero-order valence-electron chi connectivity index (χ0n) is 20.1. The van der Waals surface area contributed by atoms with Crippen molar-refractivity contribution in [1.29, 1.82) is 0 Å². The van der Waals surface area contributed by atoms with Crippen LogP contribution in [-0.4, -0.2) is 18.2 Å². The van der Waals surface area contributed by atoms with E-state index in [0.29, 0.717) is 11.3 Å². The normalized spacial score (nSPS) is 11.0. The van der Waals surface area contributed by atoms with Crippen LogP contribution in [0.25, 0.3) is 0 Å². The van der Waals surface area contributed by atoms with Crippen molar-refractivity contribution < 1.29 is 9.53 Å². The molecule has 0 amide bonds. The van der Waals surface area contributed by atoms with Gasteiger partial charge in [-0.1, -0.05) is 133 Å². The van der Waals surface area contributed by atoms with E-state index in [0.717, 1.165) is 26.8 Å². The van der Waals surface area contributed by atoms with E-state index >= 15 is 0 Å². The van der Waals surface area contributed by atoms with Crippen LogP contribution in [0.5, 0.6) is 5.75 Å². The van der Waals surface area contributed by atoms with E-state index in [1.165, 1.54) is 0 Å². The molecule has 0 radical (unpaired) electrons. The molecule has 5 rings (SSSR count). The maximum Gasteiger partial charge on any atom is 0.198 e. The Morgan fingerprint density at radius 1 is 0.528 bits per heavy atom. The number of hydrogen-bond acceptors (Lipinski definition) is 2. The number of carbonyl (C=O) groups excluding carboxylic acids is 1. The molecule has 5 aromatic carbocycles. The van der Waals surface area contributed by atoms with Crippen LogP contribution in [0.4, 0.5) is 0 Å². The minimum absolute atomic E-state index is 0.0245. The third-order valence-corrected chi connectivity index (χ3v) is 10.7. The van der Waals surface area contributed by atoms with Crippen molar-refractivity contribution in [3.05, 3.63) is 157 Å². The van der Waals surface area contributed by atoms with Gasteiger partial charge in [0.2, 0.25) is 0 Å². The SMILES string of the molecule is COc1ccccc1C(=O)C(c1ccccc1)=P(c1ccccc1)(c1ccccc1)c1ccccc1. The summed E-state index contributed by atoms with van der Waals surface area (Å²) in [6.07, 6.45) is 0. The van der Waals surface area contributed by atoms with Crippen molar-refractivity contribution in [2.45, 2.75) is 0 Å². The van der Waals surface area contributed by atoms with Gasteiger partial charge in [-0.3, -0.25) is 4.79 Å². The molecule has 0 aromatic heterocycles. The fourth-order valence-electron chi connectivity index (χ4n) is 4.82. The minimum Gasteiger partial charge on any atom is -0.496 e. The molecule has 0 spiro atoms. The molecule has 0 saturated carbocycles. The monoisotopic (exact) mass is 486 g/mol. The lowest BCUT2D eigenvalue weighted by molar-refractivity contribution is 0.106. The van der Waals surface area contributed by atoms with Crippen LogP contribution in [-0.2, 0) is 0 Å². The van der Waals surface area contributed by atoms with E-state index in [-0.39, 0.29) is 5.78 Å². The summed E-state index contributed by atoms with van der Waals surface area (Å²) in [6, 6.07) is 49.0. The number of rotatable bonds is 7. The average Bonchev–Trinajstić information content (AvgIpc) is 2.97. The van der Waals surface area contributed by atoms with Gasteiger partial charge >= 0.3 is 0 Å². The Morgan fingerprint density at radius 3 is 1.36 bits per heavy atom. The van der Waals surface area contributed by atoms with E-state index in [9.17, 15) is 4.79 Å². The van der Waals surface area contributed by atoms with E-state index in [4.69, 9.17) is 4.74 Å². The summed E-state index contributed by atoms with van der Waals surface area (Å²) in [5, 5.41) is 4.18. The lowest BCUT2D eigenvalue weighted by Crippen LogP contribution is -2.34. The second-order valence-electron chi connectivity index (χ2n) is 8.42. The van der Waals surface area contributed by atoms with Gasteiger partial charge in [-0.2, -0.15) is 0 Å². The standard InChI is InChI=1S/C33H27O2P/c1-35-31-25-15-14-24-30(31)32(34)33(26-16-6-2-7-17-26)36(27-18-8-3-9-19-27,28-20-10-4-11-21-28)29-22-12-5-13-23-29/h2-25H,1H3. The predicted octanol–water partition coefficient (Wildman–Crippen LogP) is 6.09. The number of hydrogen-bond donors (Lipinski definition) is 0. The fraction of sp³-hybridized carbons (Fsp3) is 0.0303. The topological polar surface area (TPSA) is 26.3 Å². The molecule has 2 nitrogen and oxygen atoms in total. The molecule has 0 heterocycles. The van der Waals surface area contributed by atoms with Gasteiger partial charge in [0.1, 0.15) is 5.75 Å². The number of para-hydroxylation sites is 1. The number of methoxy groups -OCH3 is 1. The van der Waals surface area contributed by atoms with Crippen LogP contribution >= 0.6 is 6.89 Å². The summed E-state index contributed by atoms with van der Waals surface area (Å²) in [5.41, 5.74) is 1.48. The first-order chi connectivity index (χ1) is 17.8. The Labute approximate surface area is 212 Å². The second-order valence-corrected chi connectivity index (χ2v) is 11.8. The molecule has 0 bridgehead atoms. The average molecular weight is 487 g/mol. The van der Waals surface area contributed by atoms with Crippen molar-refractivity contribution in [3.63, 3.8) is 0 Å². The summed E-state index contributed by atoms with van der Waals surface area (Å²) in [4.78, 5) is 14.8. The Morgan fingerprint density at radius 2 is 0.917 bits per heavy atom. The first-order valence-corrected chi connectivity index (χ1v) is 13.7. The van der Waals surface area contributed by atoms with Crippen LogP contribution in [0.3, 0.4) is 0 Å². The van der Waals surface area contributed by atoms with Crippen LogP contribution in [0.15, 0.2) is 146 Å². The van der Waals surface area contributed by atoms with Gasteiger partial charge in [0, 0.05) is 5.29 Å². The van der Waals surface area contributed by atoms with Crippen LogP contribution in [0.1, 0.15) is 15.9 Å². The van der Waals surface area contributed by atoms with Crippen molar-refractivity contribution in [1.82, 2.24) is 0 Å². The minimum atomic E-state index is -2.63. The number of Topliss-reactive ketones (excluding diaryl/α,β-unsaturated/α-hetero) is 1. The third kappa shape index (κ3) is 4.21. The molecule has 3 heteroatoms. The molecule has 0 saturated heterocycles. The number of benzene rings is 5. The maximum atomic E-state index is 14.8. The third-order valence-electron chi connectivity index (χ3n) is 6.38. The van der Waals surface area contributed by atoms with E-state index in [2.05, 4.69) is 72.8 Å². The highest BCUT2D eigenvalue weighted by molar-refractivity contribution is 7.97. The zero-order valence-corrected chi connectivity index (χ0v) is 21.0. The Bertz CT molecular complexity index is 1410. The van der Waals surface area contributed by atoms with Gasteiger partial charge in [-0.15, -0.1) is 0 Å². The van der Waals surface area contributed by atoms with Gasteiger partial charge in [0.05, 0.1) is 12.7 Å². The fourth-order valence-corrected chi connectivity index (χ4v) is 9.31. The first kappa shape index (κ1) is 23.6. The second kappa shape index (κ2) is 10.6. The van der Waals surface area contributed by atoms with Crippen molar-refractivity contribution >= 4 is 33.9 Å². The van der Waals surface area contributed by atoms with Crippen LogP contribution in [0, 0.1) is 0 Å². The van der Waals surface area contributed by atoms with Crippen molar-refractivity contribution in [3.8, 4) is 5.75 Å². The van der Waals surface area contributed by atoms with Gasteiger partial charge in [0.25, 0.3) is 0 Å². The maximum absolute atomic E-state index is 14.8. The highest BCUT2D eigenvalue weighted by atomic mass is 31.2. The number of ether oxygens (including phenoxy) is 1. The van der Waals surface area contributed by atoms with Crippen LogP contribution in [0.2, 0.25) is 0 Å². The molecule has 5 aromatic rings. The van der Waals surface area contributed by atoms with Crippen LogP contribution < -0.4 is 20.7 Å². The molecule has 0 atom stereocenters. The number of ketones is 1. The highest BCUT2D eigenvalue weighted by Crippen LogP contribution is 2.48. The van der Waals surface area contributed by atoms with Gasteiger partial charge < -0.3 is 4.74 Å². The summed E-state index contributed by atoms with van der Waals surface area (Å²) < 4.78 is 5.66. The molecule has 0 N–H and O–H groups in total. The smallest absolute Gasteiger partial charge is 0.198 e. The summed E-state index contributed by atoms with van der Waals surface area (Å²) in [7, 11) is 1.61. The summed E-state index contributed by atoms with van der Waals surface area (Å²) >= 11 is 0. The van der Waals surface area contributed by atoms with E-state index < -0.39 is 6.89 Å². The summed E-state index contributed by atoms with van der Waals surface area (Å²) in [6.45, 7) is -2.63. The Hall–Kier alpha value is -4.13. The van der Waals surface area contributed by atoms with Gasteiger partial charge in [0.15, 0.2) is 5.78 Å². The predicted molar refractivity (Wildman–Crippen MR) is 153 cm³/mol. The quantitative estimate of drug-likeness (QED) is 0.206. The molecule has 0 aliphatic carbocycles. The first-order valence-electron chi connectivity index (χ1n) is 11.9. The molecule has 176 valence electrons. The largest absolute Gasteiger partial charge is 0.496 e. The highest BCUT2D eigenvalue weighted by Gasteiger charge is 2.34. The molecule has 0 fully saturated rings. The van der Waals surface area contributed by atoms with Gasteiger partial charge in [-0.05, 0) is 40.5 Å². The zero-order chi connectivity index (χ0) is 24.8. The molecular formula is C33H27O2P. The molecule has 36 heavy (non-hydrogen) atoms. The van der Waals surface area contributed by atoms with E-state index in [1.54, 1.807) is 7.11 Å². The number of carbonyl (C=O) groups is 1. The van der Waals surface area contributed by atoms with Gasteiger partial charge in [-0.25, -0.2) is 0 Å². The lowest BCUT2D eigenvalue weighted by Gasteiger charge is -2.33. The van der Waals surface area contributed by atoms with E-state index in [1.807, 2.05) is 72.8 Å². The summed E-state index contributed by atoms with van der Waals surface area (Å²) in [5.74, 6) is 0.548. The lowest BCUT2D eigenvalue weighted by atomic mass is 10.0. The molecular weight excluding hydrogens is 459 g/mol. The Kier molecular flexibility index (Phi) is 6.98. The molecule has 0 aliphatic heterocycles. The molecule has 0 unspecified atom stereocenters.